The van der Waals surface area contributed by atoms with E-state index in [-0.39, 0.29) is 6.04 Å². The van der Waals surface area contributed by atoms with Crippen LogP contribution in [0.15, 0.2) is 41.2 Å². The Kier molecular flexibility index (Phi) is 4.88. The van der Waals surface area contributed by atoms with Crippen molar-refractivity contribution in [2.45, 2.75) is 19.4 Å². The summed E-state index contributed by atoms with van der Waals surface area (Å²) in [6.07, 6.45) is 4.31. The molecule has 2 rings (SSSR count). The minimum absolute atomic E-state index is 0.176. The molecule has 1 aromatic carbocycles. The van der Waals surface area contributed by atoms with Crippen LogP contribution in [-0.4, -0.2) is 13.7 Å². The van der Waals surface area contributed by atoms with Crippen LogP contribution in [0.1, 0.15) is 24.1 Å². The highest BCUT2D eigenvalue weighted by Gasteiger charge is 2.16. The van der Waals surface area contributed by atoms with Crippen molar-refractivity contribution in [1.29, 1.82) is 0 Å². The maximum atomic E-state index is 6.00. The summed E-state index contributed by atoms with van der Waals surface area (Å²) in [5, 5.41) is 4.15. The summed E-state index contributed by atoms with van der Waals surface area (Å²) >= 11 is 6.00. The molecule has 0 radical (unpaired) electrons. The SMILES string of the molecule is CCNC(Cc1ccoc1)c1ccc(Cl)cc1OC. The second-order valence-corrected chi connectivity index (χ2v) is 4.77. The Morgan fingerprint density at radius 2 is 2.21 bits per heavy atom. The van der Waals surface area contributed by atoms with Crippen LogP contribution in [-0.2, 0) is 6.42 Å². The third-order valence-corrected chi connectivity index (χ3v) is 3.28. The van der Waals surface area contributed by atoms with Gasteiger partial charge in [-0.15, -0.1) is 0 Å². The Morgan fingerprint density at radius 1 is 1.37 bits per heavy atom. The zero-order valence-corrected chi connectivity index (χ0v) is 11.9. The molecule has 102 valence electrons. The average Bonchev–Trinajstić information content (AvgIpc) is 2.91. The number of hydrogen-bond acceptors (Lipinski definition) is 3. The summed E-state index contributed by atoms with van der Waals surface area (Å²) < 4.78 is 10.5. The van der Waals surface area contributed by atoms with E-state index < -0.39 is 0 Å². The monoisotopic (exact) mass is 279 g/mol. The van der Waals surface area contributed by atoms with E-state index in [1.807, 2.05) is 24.3 Å². The summed E-state index contributed by atoms with van der Waals surface area (Å²) in [4.78, 5) is 0. The first-order chi connectivity index (χ1) is 9.24. The summed E-state index contributed by atoms with van der Waals surface area (Å²) in [5.41, 5.74) is 2.26. The number of halogens is 1. The fourth-order valence-electron chi connectivity index (χ4n) is 2.16. The number of methoxy groups -OCH3 is 1. The summed E-state index contributed by atoms with van der Waals surface area (Å²) in [6.45, 7) is 2.97. The largest absolute Gasteiger partial charge is 0.496 e. The van der Waals surface area contributed by atoms with Gasteiger partial charge in [-0.3, -0.25) is 0 Å². The molecule has 2 aromatic rings. The first-order valence-corrected chi connectivity index (χ1v) is 6.70. The second kappa shape index (κ2) is 6.64. The maximum absolute atomic E-state index is 6.00. The van der Waals surface area contributed by atoms with Gasteiger partial charge in [-0.1, -0.05) is 24.6 Å². The second-order valence-electron chi connectivity index (χ2n) is 4.33. The van der Waals surface area contributed by atoms with Gasteiger partial charge in [-0.05, 0) is 36.7 Å². The molecule has 3 nitrogen and oxygen atoms in total. The highest BCUT2D eigenvalue weighted by molar-refractivity contribution is 6.30. The van der Waals surface area contributed by atoms with Gasteiger partial charge in [0.2, 0.25) is 0 Å². The maximum Gasteiger partial charge on any atom is 0.125 e. The molecule has 0 fully saturated rings. The number of nitrogens with one attached hydrogen (secondary N) is 1. The molecule has 0 aliphatic rings. The molecule has 1 atom stereocenters. The van der Waals surface area contributed by atoms with Gasteiger partial charge in [0, 0.05) is 16.6 Å². The fraction of sp³-hybridized carbons (Fsp3) is 0.333. The van der Waals surface area contributed by atoms with Crippen molar-refractivity contribution in [1.82, 2.24) is 5.32 Å². The normalized spacial score (nSPS) is 12.4. The van der Waals surface area contributed by atoms with Crippen LogP contribution in [0.5, 0.6) is 5.75 Å². The van der Waals surface area contributed by atoms with E-state index in [1.165, 1.54) is 0 Å². The zero-order chi connectivity index (χ0) is 13.7. The lowest BCUT2D eigenvalue weighted by Gasteiger charge is -2.20. The topological polar surface area (TPSA) is 34.4 Å². The Balaban J connectivity index is 2.27. The highest BCUT2D eigenvalue weighted by atomic mass is 35.5. The molecule has 4 heteroatoms. The Bertz CT molecular complexity index is 511. The van der Waals surface area contributed by atoms with Crippen LogP contribution in [0.4, 0.5) is 0 Å². The minimum Gasteiger partial charge on any atom is -0.496 e. The smallest absolute Gasteiger partial charge is 0.125 e. The van der Waals surface area contributed by atoms with Crippen molar-refractivity contribution in [2.75, 3.05) is 13.7 Å². The van der Waals surface area contributed by atoms with Crippen molar-refractivity contribution in [2.24, 2.45) is 0 Å². The molecule has 1 N–H and O–H groups in total. The first-order valence-electron chi connectivity index (χ1n) is 6.32. The van der Waals surface area contributed by atoms with E-state index >= 15 is 0 Å². The van der Waals surface area contributed by atoms with Crippen LogP contribution in [0.3, 0.4) is 0 Å². The lowest BCUT2D eigenvalue weighted by Crippen LogP contribution is -2.23. The lowest BCUT2D eigenvalue weighted by atomic mass is 9.99. The summed E-state index contributed by atoms with van der Waals surface area (Å²) in [7, 11) is 1.66. The van der Waals surface area contributed by atoms with Gasteiger partial charge in [-0.2, -0.15) is 0 Å². The standard InChI is InChI=1S/C15H18ClNO2/c1-3-17-14(8-11-6-7-19-10-11)13-5-4-12(16)9-15(13)18-2/h4-7,9-10,14,17H,3,8H2,1-2H3. The molecule has 0 amide bonds. The van der Waals surface area contributed by atoms with Crippen molar-refractivity contribution >= 4 is 11.6 Å². The third-order valence-electron chi connectivity index (χ3n) is 3.04. The number of benzene rings is 1. The van der Waals surface area contributed by atoms with Gasteiger partial charge in [0.05, 0.1) is 19.6 Å². The van der Waals surface area contributed by atoms with E-state index in [2.05, 4.69) is 12.2 Å². The van der Waals surface area contributed by atoms with Gasteiger partial charge in [0.1, 0.15) is 5.75 Å². The molecule has 0 saturated carbocycles. The molecular weight excluding hydrogens is 262 g/mol. The molecule has 1 unspecified atom stereocenters. The molecule has 0 aliphatic carbocycles. The molecule has 1 heterocycles. The molecule has 19 heavy (non-hydrogen) atoms. The van der Waals surface area contributed by atoms with Crippen molar-refractivity contribution in [3.05, 3.63) is 52.9 Å². The van der Waals surface area contributed by atoms with Gasteiger partial charge in [0.25, 0.3) is 0 Å². The first kappa shape index (κ1) is 14.0. The Labute approximate surface area is 118 Å². The van der Waals surface area contributed by atoms with Crippen LogP contribution in [0.25, 0.3) is 0 Å². The third kappa shape index (κ3) is 3.52. The molecule has 1 aromatic heterocycles. The van der Waals surface area contributed by atoms with E-state index in [4.69, 9.17) is 20.8 Å². The van der Waals surface area contributed by atoms with Gasteiger partial charge in [0.15, 0.2) is 0 Å². The number of hydrogen-bond donors (Lipinski definition) is 1. The molecule has 0 aliphatic heterocycles. The van der Waals surface area contributed by atoms with Crippen LogP contribution in [0, 0.1) is 0 Å². The predicted molar refractivity (Wildman–Crippen MR) is 76.8 cm³/mol. The zero-order valence-electron chi connectivity index (χ0n) is 11.2. The van der Waals surface area contributed by atoms with Crippen LogP contribution in [0.2, 0.25) is 5.02 Å². The Hall–Kier alpha value is -1.45. The molecule has 0 spiro atoms. The molecule has 0 saturated heterocycles. The fourth-order valence-corrected chi connectivity index (χ4v) is 2.32. The van der Waals surface area contributed by atoms with E-state index in [9.17, 15) is 0 Å². The van der Waals surface area contributed by atoms with Gasteiger partial charge >= 0.3 is 0 Å². The number of rotatable bonds is 6. The van der Waals surface area contributed by atoms with Crippen molar-refractivity contribution in [3.8, 4) is 5.75 Å². The van der Waals surface area contributed by atoms with Gasteiger partial charge in [-0.25, -0.2) is 0 Å². The van der Waals surface area contributed by atoms with E-state index in [1.54, 1.807) is 19.6 Å². The van der Waals surface area contributed by atoms with E-state index in [0.717, 1.165) is 29.8 Å². The van der Waals surface area contributed by atoms with Crippen LogP contribution < -0.4 is 10.1 Å². The predicted octanol–water partition coefficient (Wildman–Crippen LogP) is 3.83. The molecule has 0 bridgehead atoms. The van der Waals surface area contributed by atoms with Crippen molar-refractivity contribution in [3.63, 3.8) is 0 Å². The summed E-state index contributed by atoms with van der Waals surface area (Å²) in [6, 6.07) is 7.90. The number of ether oxygens (including phenoxy) is 1. The van der Waals surface area contributed by atoms with E-state index in [0.29, 0.717) is 5.02 Å². The quantitative estimate of drug-likeness (QED) is 0.872. The highest BCUT2D eigenvalue weighted by Crippen LogP contribution is 2.30. The minimum atomic E-state index is 0.176. The Morgan fingerprint density at radius 3 is 2.84 bits per heavy atom. The average molecular weight is 280 g/mol. The number of likely N-dealkylation sites (N-methyl/N-ethyl adjacent to an activating group) is 1. The van der Waals surface area contributed by atoms with Crippen molar-refractivity contribution < 1.29 is 9.15 Å². The summed E-state index contributed by atoms with van der Waals surface area (Å²) in [5.74, 6) is 0.807. The lowest BCUT2D eigenvalue weighted by molar-refractivity contribution is 0.399. The molecular formula is C15H18ClNO2. The van der Waals surface area contributed by atoms with Gasteiger partial charge < -0.3 is 14.5 Å². The van der Waals surface area contributed by atoms with Crippen LogP contribution >= 0.6 is 11.6 Å². The number of furan rings is 1.